The van der Waals surface area contributed by atoms with Gasteiger partial charge in [0.05, 0.1) is 31.9 Å². The number of oxazole rings is 1. The highest BCUT2D eigenvalue weighted by Crippen LogP contribution is 2.31. The number of aromatic nitrogens is 3. The number of imidazole rings is 1. The van der Waals surface area contributed by atoms with E-state index in [0.717, 1.165) is 0 Å². The Labute approximate surface area is 213 Å². The maximum atomic E-state index is 13.4. The van der Waals surface area contributed by atoms with Crippen LogP contribution in [0.2, 0.25) is 10.0 Å². The highest BCUT2D eigenvalue weighted by atomic mass is 35.5. The zero-order chi connectivity index (χ0) is 25.0. The van der Waals surface area contributed by atoms with Crippen molar-refractivity contribution in [3.63, 3.8) is 0 Å². The minimum atomic E-state index is -0.257. The Morgan fingerprint density at radius 2 is 1.86 bits per heavy atom. The average Bonchev–Trinajstić information content (AvgIpc) is 3.47. The minimum Gasteiger partial charge on any atom is -0.436 e. The van der Waals surface area contributed by atoms with E-state index in [9.17, 15) is 10.1 Å². The van der Waals surface area contributed by atoms with E-state index in [1.165, 1.54) is 4.40 Å². The Hall–Kier alpha value is -4.38. The molecular formula is C27H15Cl2N5O2. The largest absolute Gasteiger partial charge is 0.436 e. The number of nitrogens with zero attached hydrogens (tertiary/aromatic N) is 4. The maximum absolute atomic E-state index is 13.4. The fourth-order valence-electron chi connectivity index (χ4n) is 4.21. The maximum Gasteiger partial charge on any atom is 0.265 e. The van der Waals surface area contributed by atoms with Crippen LogP contribution in [0.4, 0.5) is 5.69 Å². The monoisotopic (exact) mass is 511 g/mol. The molecule has 6 rings (SSSR count). The van der Waals surface area contributed by atoms with Crippen molar-refractivity contribution in [3.8, 4) is 17.5 Å². The van der Waals surface area contributed by atoms with E-state index < -0.39 is 0 Å². The molecule has 0 aliphatic carbocycles. The second-order valence-corrected chi connectivity index (χ2v) is 9.02. The zero-order valence-corrected chi connectivity index (χ0v) is 20.2. The molecule has 3 heterocycles. The first-order valence-corrected chi connectivity index (χ1v) is 11.7. The molecule has 9 heteroatoms. The number of hydrogen-bond acceptors (Lipinski definition) is 6. The van der Waals surface area contributed by atoms with Crippen LogP contribution in [0.5, 0.6) is 0 Å². The third kappa shape index (κ3) is 3.47. The predicted octanol–water partition coefficient (Wildman–Crippen LogP) is 5.71. The molecule has 6 aromatic rings. The molecular weight excluding hydrogens is 497 g/mol. The molecule has 36 heavy (non-hydrogen) atoms. The molecule has 7 nitrogen and oxygen atoms in total. The number of hydrogen-bond donors (Lipinski definition) is 1. The average molecular weight is 512 g/mol. The standard InChI is InChI=1S/C27H15Cl2N5O2/c1-14-17(12-30)25-32-21-4-2-3-5-23(21)34(25)27(35)18(14)13-31-16-7-9-24-22(11-16)33-26(36-24)15-6-8-19(28)20(29)10-15/h2-11,13,31H,1H3/b18-13-. The number of para-hydroxylation sites is 2. The van der Waals surface area contributed by atoms with Crippen molar-refractivity contribution in [2.45, 2.75) is 6.92 Å². The molecule has 0 aliphatic heterocycles. The topological polar surface area (TPSA) is 96.2 Å². The fraction of sp³-hybridized carbons (Fsp3) is 0.0370. The van der Waals surface area contributed by atoms with E-state index in [1.807, 2.05) is 36.4 Å². The molecule has 0 aliphatic rings. The Morgan fingerprint density at radius 1 is 1.03 bits per heavy atom. The van der Waals surface area contributed by atoms with Crippen LogP contribution in [0.3, 0.4) is 0 Å². The molecule has 0 atom stereocenters. The molecule has 0 saturated heterocycles. The quantitative estimate of drug-likeness (QED) is 0.326. The Kier molecular flexibility index (Phi) is 5.15. The van der Waals surface area contributed by atoms with Gasteiger partial charge in [-0.1, -0.05) is 35.3 Å². The van der Waals surface area contributed by atoms with E-state index in [2.05, 4.69) is 21.4 Å². The van der Waals surface area contributed by atoms with Gasteiger partial charge < -0.3 is 9.73 Å². The lowest BCUT2D eigenvalue weighted by Gasteiger charge is -2.04. The summed E-state index contributed by atoms with van der Waals surface area (Å²) in [6.45, 7) is 1.75. The molecule has 0 spiro atoms. The van der Waals surface area contributed by atoms with Gasteiger partial charge in [-0.3, -0.25) is 9.20 Å². The summed E-state index contributed by atoms with van der Waals surface area (Å²) in [5.41, 5.74) is 4.96. The summed E-state index contributed by atoms with van der Waals surface area (Å²) in [5.74, 6) is 0.415. The SMILES string of the molecule is Cc1c(C#N)c2nc3ccccc3n2c(=O)/c1=C\Nc1ccc2oc(-c3ccc(Cl)c(Cl)c3)nc2c1. The lowest BCUT2D eigenvalue weighted by Crippen LogP contribution is -2.34. The van der Waals surface area contributed by atoms with Crippen LogP contribution in [-0.4, -0.2) is 14.4 Å². The summed E-state index contributed by atoms with van der Waals surface area (Å²) in [6, 6.07) is 20.1. The number of nitriles is 1. The molecule has 0 radical (unpaired) electrons. The lowest BCUT2D eigenvalue weighted by atomic mass is 10.1. The van der Waals surface area contributed by atoms with Crippen molar-refractivity contribution in [3.05, 3.63) is 97.4 Å². The van der Waals surface area contributed by atoms with Crippen LogP contribution in [0.25, 0.3) is 45.4 Å². The van der Waals surface area contributed by atoms with Crippen molar-refractivity contribution in [1.29, 1.82) is 5.26 Å². The van der Waals surface area contributed by atoms with Crippen molar-refractivity contribution >= 4 is 62.9 Å². The van der Waals surface area contributed by atoms with Gasteiger partial charge in [-0.05, 0) is 61.0 Å². The van der Waals surface area contributed by atoms with Crippen molar-refractivity contribution < 1.29 is 4.42 Å². The molecule has 0 saturated carbocycles. The van der Waals surface area contributed by atoms with Gasteiger partial charge in [0.15, 0.2) is 11.2 Å². The number of nitrogens with one attached hydrogen (secondary N) is 1. The minimum absolute atomic E-state index is 0.257. The summed E-state index contributed by atoms with van der Waals surface area (Å²) in [7, 11) is 0. The van der Waals surface area contributed by atoms with E-state index >= 15 is 0 Å². The molecule has 0 amide bonds. The third-order valence-electron chi connectivity index (χ3n) is 6.05. The normalized spacial score (nSPS) is 12.0. The first-order chi connectivity index (χ1) is 17.4. The Bertz CT molecular complexity index is 2000. The Balaban J connectivity index is 1.44. The van der Waals surface area contributed by atoms with Gasteiger partial charge in [0.1, 0.15) is 11.6 Å². The van der Waals surface area contributed by atoms with Crippen LogP contribution in [0.1, 0.15) is 11.1 Å². The van der Waals surface area contributed by atoms with E-state index in [0.29, 0.717) is 71.3 Å². The van der Waals surface area contributed by atoms with Gasteiger partial charge in [-0.25, -0.2) is 9.97 Å². The van der Waals surface area contributed by atoms with Crippen LogP contribution in [0, 0.1) is 18.3 Å². The first-order valence-electron chi connectivity index (χ1n) is 10.9. The number of fused-ring (bicyclic) bond motifs is 4. The lowest BCUT2D eigenvalue weighted by molar-refractivity contribution is 0.620. The third-order valence-corrected chi connectivity index (χ3v) is 6.79. The van der Waals surface area contributed by atoms with Crippen molar-refractivity contribution in [2.24, 2.45) is 0 Å². The van der Waals surface area contributed by atoms with Crippen molar-refractivity contribution in [1.82, 2.24) is 14.4 Å². The molecule has 0 unspecified atom stereocenters. The summed E-state index contributed by atoms with van der Waals surface area (Å²) >= 11 is 12.1. The number of halogens is 2. The summed E-state index contributed by atoms with van der Waals surface area (Å²) in [4.78, 5) is 22.5. The Morgan fingerprint density at radius 3 is 2.67 bits per heavy atom. The molecule has 0 fully saturated rings. The van der Waals surface area contributed by atoms with Gasteiger partial charge in [-0.2, -0.15) is 5.26 Å². The van der Waals surface area contributed by atoms with E-state index in [4.69, 9.17) is 27.6 Å². The van der Waals surface area contributed by atoms with Gasteiger partial charge in [-0.15, -0.1) is 0 Å². The summed E-state index contributed by atoms with van der Waals surface area (Å²) < 4.78 is 7.35. The van der Waals surface area contributed by atoms with Gasteiger partial charge >= 0.3 is 0 Å². The van der Waals surface area contributed by atoms with Crippen LogP contribution >= 0.6 is 23.2 Å². The van der Waals surface area contributed by atoms with Crippen LogP contribution in [-0.2, 0) is 0 Å². The zero-order valence-electron chi connectivity index (χ0n) is 18.7. The number of rotatable bonds is 3. The molecule has 3 aromatic heterocycles. The number of pyridine rings is 1. The molecule has 174 valence electrons. The van der Waals surface area contributed by atoms with E-state index in [-0.39, 0.29) is 5.56 Å². The van der Waals surface area contributed by atoms with Gasteiger partial charge in [0.25, 0.3) is 5.56 Å². The van der Waals surface area contributed by atoms with Gasteiger partial charge in [0.2, 0.25) is 5.89 Å². The summed E-state index contributed by atoms with van der Waals surface area (Å²) in [6.07, 6.45) is 1.61. The van der Waals surface area contributed by atoms with E-state index in [1.54, 1.807) is 37.4 Å². The molecule has 0 bridgehead atoms. The second kappa shape index (κ2) is 8.38. The molecule has 3 aromatic carbocycles. The van der Waals surface area contributed by atoms with Crippen LogP contribution in [0.15, 0.2) is 69.9 Å². The predicted molar refractivity (Wildman–Crippen MR) is 141 cm³/mol. The van der Waals surface area contributed by atoms with Crippen molar-refractivity contribution in [2.75, 3.05) is 5.32 Å². The highest BCUT2D eigenvalue weighted by Gasteiger charge is 2.16. The summed E-state index contributed by atoms with van der Waals surface area (Å²) in [5, 5.41) is 14.2. The number of benzene rings is 3. The first kappa shape index (κ1) is 22.1. The highest BCUT2D eigenvalue weighted by molar-refractivity contribution is 6.42. The fourth-order valence-corrected chi connectivity index (χ4v) is 4.51. The second-order valence-electron chi connectivity index (χ2n) is 8.21. The van der Waals surface area contributed by atoms with Crippen LogP contribution < -0.4 is 16.1 Å². The number of anilines is 1. The van der Waals surface area contributed by atoms with Gasteiger partial charge in [0, 0.05) is 17.5 Å². The molecule has 1 N–H and O–H groups in total. The smallest absolute Gasteiger partial charge is 0.265 e.